The van der Waals surface area contributed by atoms with Crippen LogP contribution in [0.1, 0.15) is 11.3 Å². The molecule has 72 valence electrons. The average Bonchev–Trinajstić information content (AvgIpc) is 2.03. The Labute approximate surface area is 79.2 Å². The molecule has 0 aliphatic heterocycles. The molecule has 0 atom stereocenters. The van der Waals surface area contributed by atoms with E-state index in [0.29, 0.717) is 5.69 Å². The van der Waals surface area contributed by atoms with E-state index in [-0.39, 0.29) is 5.15 Å². The highest BCUT2D eigenvalue weighted by atomic mass is 35.5. The molecule has 0 aliphatic carbocycles. The summed E-state index contributed by atoms with van der Waals surface area (Å²) >= 11 is 5.49. The van der Waals surface area contributed by atoms with Crippen molar-refractivity contribution in [1.82, 2.24) is 4.98 Å². The molecule has 2 nitrogen and oxygen atoms in total. The van der Waals surface area contributed by atoms with Gasteiger partial charge in [-0.3, -0.25) is 0 Å². The van der Waals surface area contributed by atoms with E-state index in [1.54, 1.807) is 6.92 Å². The van der Waals surface area contributed by atoms with Crippen LogP contribution < -0.4 is 0 Å². The predicted octanol–water partition coefficient (Wildman–Crippen LogP) is 2.13. The number of nitrogens with zero attached hydrogens (tertiary/aromatic N) is 1. The first-order valence-electron chi connectivity index (χ1n) is 3.59. The minimum Gasteiger partial charge on any atom is -0.390 e. The lowest BCUT2D eigenvalue weighted by Crippen LogP contribution is -2.19. The third-order valence-corrected chi connectivity index (χ3v) is 1.87. The number of hydrogen-bond donors (Lipinski definition) is 1. The molecule has 0 amide bonds. The summed E-state index contributed by atoms with van der Waals surface area (Å²) in [5.41, 5.74) is 0.116. The van der Waals surface area contributed by atoms with E-state index in [4.69, 9.17) is 16.7 Å². The van der Waals surface area contributed by atoms with E-state index in [0.717, 1.165) is 0 Å². The van der Waals surface area contributed by atoms with Gasteiger partial charge in [0, 0.05) is 5.69 Å². The van der Waals surface area contributed by atoms with Gasteiger partial charge in [0.25, 0.3) is 5.92 Å². The lowest BCUT2D eigenvalue weighted by Gasteiger charge is -2.14. The second kappa shape index (κ2) is 3.55. The molecule has 0 unspecified atom stereocenters. The van der Waals surface area contributed by atoms with Gasteiger partial charge in [-0.2, -0.15) is 8.78 Å². The minimum absolute atomic E-state index is 0.265. The van der Waals surface area contributed by atoms with Crippen LogP contribution in [0.5, 0.6) is 0 Å². The topological polar surface area (TPSA) is 33.1 Å². The Kier molecular flexibility index (Phi) is 2.83. The van der Waals surface area contributed by atoms with Gasteiger partial charge >= 0.3 is 0 Å². The van der Waals surface area contributed by atoms with Crippen molar-refractivity contribution in [3.05, 3.63) is 28.5 Å². The molecule has 5 heteroatoms. The highest BCUT2D eigenvalue weighted by Gasteiger charge is 2.33. The molecule has 0 bridgehead atoms. The minimum atomic E-state index is -3.32. The molecule has 0 radical (unpaired) electrons. The van der Waals surface area contributed by atoms with Crippen LogP contribution >= 0.6 is 11.6 Å². The van der Waals surface area contributed by atoms with E-state index in [1.165, 1.54) is 12.1 Å². The number of aliphatic hydroxyl groups excluding tert-OH is 1. The number of halogens is 3. The van der Waals surface area contributed by atoms with Crippen LogP contribution in [0.4, 0.5) is 8.78 Å². The van der Waals surface area contributed by atoms with Gasteiger partial charge in [0.05, 0.1) is 5.56 Å². The van der Waals surface area contributed by atoms with Gasteiger partial charge in [-0.25, -0.2) is 4.98 Å². The lowest BCUT2D eigenvalue weighted by atomic mass is 10.1. The Morgan fingerprint density at radius 1 is 1.54 bits per heavy atom. The van der Waals surface area contributed by atoms with Crippen molar-refractivity contribution in [3.63, 3.8) is 0 Å². The average molecular weight is 208 g/mol. The van der Waals surface area contributed by atoms with Crippen LogP contribution in [0.3, 0.4) is 0 Å². The van der Waals surface area contributed by atoms with E-state index in [1.807, 2.05) is 0 Å². The van der Waals surface area contributed by atoms with Crippen molar-refractivity contribution in [2.45, 2.75) is 12.8 Å². The smallest absolute Gasteiger partial charge is 0.298 e. The van der Waals surface area contributed by atoms with Crippen molar-refractivity contribution in [3.8, 4) is 0 Å². The summed E-state index contributed by atoms with van der Waals surface area (Å²) in [6.45, 7) is 0.379. The molecule has 0 aromatic carbocycles. The first kappa shape index (κ1) is 10.3. The Bertz CT molecular complexity index is 317. The highest BCUT2D eigenvalue weighted by Crippen LogP contribution is 2.31. The molecule has 0 aliphatic rings. The third kappa shape index (κ3) is 2.14. The molecule has 1 heterocycles. The Hall–Kier alpha value is -0.740. The summed E-state index contributed by atoms with van der Waals surface area (Å²) in [5, 5.41) is 8.14. The fraction of sp³-hybridized carbons (Fsp3) is 0.375. The molecule has 1 N–H and O–H groups in total. The largest absolute Gasteiger partial charge is 0.390 e. The summed E-state index contributed by atoms with van der Waals surface area (Å²) < 4.78 is 25.8. The third-order valence-electron chi connectivity index (χ3n) is 1.58. The van der Waals surface area contributed by atoms with Gasteiger partial charge in [-0.15, -0.1) is 0 Å². The van der Waals surface area contributed by atoms with Crippen LogP contribution in [-0.2, 0) is 5.92 Å². The van der Waals surface area contributed by atoms with Crippen molar-refractivity contribution in [1.29, 1.82) is 0 Å². The maximum atomic E-state index is 12.9. The Morgan fingerprint density at radius 3 is 2.62 bits per heavy atom. The molecule has 0 saturated carbocycles. The van der Waals surface area contributed by atoms with Crippen molar-refractivity contribution in [2.24, 2.45) is 0 Å². The Balaban J connectivity index is 3.16. The van der Waals surface area contributed by atoms with Crippen molar-refractivity contribution in [2.75, 3.05) is 6.61 Å². The van der Waals surface area contributed by atoms with Gasteiger partial charge in [-0.1, -0.05) is 11.6 Å². The van der Waals surface area contributed by atoms with Gasteiger partial charge in [0.15, 0.2) is 0 Å². The van der Waals surface area contributed by atoms with Crippen LogP contribution in [0, 0.1) is 6.92 Å². The zero-order valence-electron chi connectivity index (χ0n) is 6.89. The summed E-state index contributed by atoms with van der Waals surface area (Å²) in [6, 6.07) is 2.59. The number of alkyl halides is 2. The van der Waals surface area contributed by atoms with Gasteiger partial charge in [-0.05, 0) is 19.1 Å². The predicted molar refractivity (Wildman–Crippen MR) is 45.0 cm³/mol. The first-order valence-corrected chi connectivity index (χ1v) is 3.97. The molecule has 0 fully saturated rings. The van der Waals surface area contributed by atoms with Crippen LogP contribution in [0.2, 0.25) is 5.15 Å². The maximum absolute atomic E-state index is 12.9. The first-order chi connectivity index (χ1) is 5.97. The van der Waals surface area contributed by atoms with Gasteiger partial charge < -0.3 is 5.11 Å². The van der Waals surface area contributed by atoms with E-state index >= 15 is 0 Å². The Morgan fingerprint density at radius 2 is 2.15 bits per heavy atom. The van der Waals surface area contributed by atoms with Crippen LogP contribution in [0.25, 0.3) is 0 Å². The molecule has 1 aromatic rings. The second-order valence-corrected chi connectivity index (χ2v) is 3.01. The number of pyridine rings is 1. The van der Waals surface area contributed by atoms with E-state index < -0.39 is 18.1 Å². The zero-order valence-corrected chi connectivity index (χ0v) is 7.65. The van der Waals surface area contributed by atoms with Crippen LogP contribution in [0.15, 0.2) is 12.1 Å². The summed E-state index contributed by atoms with van der Waals surface area (Å²) in [6.07, 6.45) is 0. The molecule has 1 rings (SSSR count). The fourth-order valence-corrected chi connectivity index (χ4v) is 1.22. The standard InChI is InChI=1S/C8H8ClF2NO/c1-5-2-3-6(7(9)12-5)8(10,11)4-13/h2-3,13H,4H2,1H3. The number of aryl methyl sites for hydroxylation is 1. The summed E-state index contributed by atoms with van der Waals surface area (Å²) in [7, 11) is 0. The zero-order chi connectivity index (χ0) is 10.1. The van der Waals surface area contributed by atoms with Crippen LogP contribution in [-0.4, -0.2) is 16.7 Å². The highest BCUT2D eigenvalue weighted by molar-refractivity contribution is 6.30. The molecule has 1 aromatic heterocycles. The van der Waals surface area contributed by atoms with E-state index in [9.17, 15) is 8.78 Å². The normalized spacial score (nSPS) is 11.8. The fourth-order valence-electron chi connectivity index (χ4n) is 0.883. The molecule has 0 spiro atoms. The number of hydrogen-bond acceptors (Lipinski definition) is 2. The summed E-state index contributed by atoms with van der Waals surface area (Å²) in [5.74, 6) is -3.32. The van der Waals surface area contributed by atoms with Crippen molar-refractivity contribution < 1.29 is 13.9 Å². The molecule has 0 saturated heterocycles. The molecular weight excluding hydrogens is 200 g/mol. The quantitative estimate of drug-likeness (QED) is 0.754. The summed E-state index contributed by atoms with van der Waals surface area (Å²) in [4.78, 5) is 3.66. The number of aromatic nitrogens is 1. The van der Waals surface area contributed by atoms with Crippen molar-refractivity contribution >= 4 is 11.6 Å². The monoisotopic (exact) mass is 207 g/mol. The van der Waals surface area contributed by atoms with E-state index in [2.05, 4.69) is 4.98 Å². The SMILES string of the molecule is Cc1ccc(C(F)(F)CO)c(Cl)n1. The molecular formula is C8H8ClF2NO. The van der Waals surface area contributed by atoms with Gasteiger partial charge in [0.1, 0.15) is 11.8 Å². The number of aliphatic hydroxyl groups is 1. The maximum Gasteiger partial charge on any atom is 0.298 e. The van der Waals surface area contributed by atoms with Gasteiger partial charge in [0.2, 0.25) is 0 Å². The lowest BCUT2D eigenvalue weighted by molar-refractivity contribution is -0.0557. The number of rotatable bonds is 2. The molecule has 13 heavy (non-hydrogen) atoms. The second-order valence-electron chi connectivity index (χ2n) is 2.65.